The van der Waals surface area contributed by atoms with Gasteiger partial charge in [0.25, 0.3) is 0 Å². The quantitative estimate of drug-likeness (QED) is 0.586. The van der Waals surface area contributed by atoms with Gasteiger partial charge in [-0.3, -0.25) is 0 Å². The normalized spacial score (nSPS) is 14.5. The first-order valence-corrected chi connectivity index (χ1v) is 4.55. The second-order valence-corrected chi connectivity index (χ2v) is 3.53. The number of anilines is 1. The Hall–Kier alpha value is -1.37. The van der Waals surface area contributed by atoms with Gasteiger partial charge in [0, 0.05) is 10.6 Å². The number of carbonyl (C=O) groups is 1. The summed E-state index contributed by atoms with van der Waals surface area (Å²) in [5.41, 5.74) is 4.74. The van der Waals surface area contributed by atoms with E-state index in [4.69, 9.17) is 27.5 Å². The van der Waals surface area contributed by atoms with Gasteiger partial charge in [0.1, 0.15) is 11.9 Å². The molecule has 0 amide bonds. The van der Waals surface area contributed by atoms with Crippen LogP contribution in [0.25, 0.3) is 0 Å². The molecule has 2 unspecified atom stereocenters. The van der Waals surface area contributed by atoms with E-state index in [1.807, 2.05) is 0 Å². The van der Waals surface area contributed by atoms with E-state index in [0.717, 1.165) is 12.1 Å². The number of hydrogen-bond acceptors (Lipinski definition) is 4. The maximum absolute atomic E-state index is 13.1. The van der Waals surface area contributed by atoms with E-state index in [2.05, 4.69) is 0 Å². The van der Waals surface area contributed by atoms with Gasteiger partial charge in [-0.2, -0.15) is 0 Å². The van der Waals surface area contributed by atoms with Crippen molar-refractivity contribution in [2.45, 2.75) is 12.2 Å². The molecule has 7 heteroatoms. The molecule has 5 N–H and O–H groups in total. The zero-order chi connectivity index (χ0) is 12.5. The fourth-order valence-electron chi connectivity index (χ4n) is 1.11. The van der Waals surface area contributed by atoms with Crippen LogP contribution in [0.5, 0.6) is 0 Å². The van der Waals surface area contributed by atoms with Crippen LogP contribution in [-0.2, 0) is 4.79 Å². The van der Waals surface area contributed by atoms with Gasteiger partial charge >= 0.3 is 5.97 Å². The van der Waals surface area contributed by atoms with Gasteiger partial charge in [0.15, 0.2) is 6.10 Å². The largest absolute Gasteiger partial charge is 0.479 e. The molecule has 88 valence electrons. The topological polar surface area (TPSA) is 104 Å². The van der Waals surface area contributed by atoms with Crippen LogP contribution in [0.1, 0.15) is 11.7 Å². The molecule has 0 aliphatic carbocycles. The number of nitrogens with two attached hydrogens (primary N) is 1. The molecule has 0 aliphatic rings. The fraction of sp³-hybridized carbons (Fsp3) is 0.222. The van der Waals surface area contributed by atoms with Crippen molar-refractivity contribution in [3.05, 3.63) is 28.5 Å². The Balaban J connectivity index is 3.13. The van der Waals surface area contributed by atoms with Crippen molar-refractivity contribution in [2.24, 2.45) is 0 Å². The minimum Gasteiger partial charge on any atom is -0.479 e. The lowest BCUT2D eigenvalue weighted by Crippen LogP contribution is -2.27. The Labute approximate surface area is 94.9 Å². The Morgan fingerprint density at radius 3 is 2.50 bits per heavy atom. The highest BCUT2D eigenvalue weighted by molar-refractivity contribution is 6.31. The zero-order valence-electron chi connectivity index (χ0n) is 7.89. The summed E-state index contributed by atoms with van der Waals surface area (Å²) in [5, 5.41) is 26.8. The van der Waals surface area contributed by atoms with Crippen molar-refractivity contribution in [3.63, 3.8) is 0 Å². The Kier molecular flexibility index (Phi) is 3.69. The second-order valence-electron chi connectivity index (χ2n) is 3.12. The number of halogens is 2. The summed E-state index contributed by atoms with van der Waals surface area (Å²) in [5.74, 6) is -2.49. The molecule has 2 atom stereocenters. The van der Waals surface area contributed by atoms with Gasteiger partial charge in [0.2, 0.25) is 0 Å². The molecule has 1 aromatic carbocycles. The summed E-state index contributed by atoms with van der Waals surface area (Å²) in [4.78, 5) is 10.4. The number of benzene rings is 1. The molecule has 0 heterocycles. The summed E-state index contributed by atoms with van der Waals surface area (Å²) in [7, 11) is 0. The first-order valence-electron chi connectivity index (χ1n) is 4.18. The summed E-state index contributed by atoms with van der Waals surface area (Å²) in [6, 6.07) is 1.82. The van der Waals surface area contributed by atoms with Crippen LogP contribution in [0, 0.1) is 5.82 Å². The molecule has 1 aromatic rings. The number of aliphatic hydroxyl groups excluding tert-OH is 2. The molecule has 0 aliphatic heterocycles. The van der Waals surface area contributed by atoms with E-state index < -0.39 is 24.0 Å². The summed E-state index contributed by atoms with van der Waals surface area (Å²) in [6.07, 6.45) is -3.90. The minimum atomic E-state index is -2.08. The van der Waals surface area contributed by atoms with E-state index in [9.17, 15) is 14.3 Å². The summed E-state index contributed by atoms with van der Waals surface area (Å²) in [6.45, 7) is 0. The van der Waals surface area contributed by atoms with E-state index in [-0.39, 0.29) is 16.3 Å². The molecule has 0 aromatic heterocycles. The van der Waals surface area contributed by atoms with Crippen LogP contribution in [-0.4, -0.2) is 27.4 Å². The van der Waals surface area contributed by atoms with Crippen molar-refractivity contribution in [3.8, 4) is 0 Å². The van der Waals surface area contributed by atoms with Gasteiger partial charge in [-0.15, -0.1) is 0 Å². The highest BCUT2D eigenvalue weighted by Gasteiger charge is 2.27. The van der Waals surface area contributed by atoms with Gasteiger partial charge < -0.3 is 21.1 Å². The average molecular weight is 250 g/mol. The lowest BCUT2D eigenvalue weighted by atomic mass is 10.0. The van der Waals surface area contributed by atoms with Crippen molar-refractivity contribution >= 4 is 23.3 Å². The smallest absolute Gasteiger partial charge is 0.335 e. The molecule has 16 heavy (non-hydrogen) atoms. The summed E-state index contributed by atoms with van der Waals surface area (Å²) < 4.78 is 13.1. The van der Waals surface area contributed by atoms with Crippen LogP contribution in [0.4, 0.5) is 10.1 Å². The maximum Gasteiger partial charge on any atom is 0.335 e. The lowest BCUT2D eigenvalue weighted by molar-refractivity contribution is -0.153. The van der Waals surface area contributed by atoms with Crippen LogP contribution in [0.3, 0.4) is 0 Å². The Morgan fingerprint density at radius 1 is 1.44 bits per heavy atom. The highest BCUT2D eigenvalue weighted by atomic mass is 35.5. The zero-order valence-corrected chi connectivity index (χ0v) is 8.65. The van der Waals surface area contributed by atoms with Gasteiger partial charge in [-0.05, 0) is 12.1 Å². The monoisotopic (exact) mass is 249 g/mol. The van der Waals surface area contributed by atoms with Crippen molar-refractivity contribution in [1.29, 1.82) is 0 Å². The number of rotatable bonds is 3. The molecule has 5 nitrogen and oxygen atoms in total. The number of carboxylic acids is 1. The van der Waals surface area contributed by atoms with Gasteiger partial charge in [0.05, 0.1) is 5.69 Å². The van der Waals surface area contributed by atoms with Crippen molar-refractivity contribution < 1.29 is 24.5 Å². The van der Waals surface area contributed by atoms with E-state index in [1.54, 1.807) is 0 Å². The standard InChI is InChI=1S/C9H9ClFNO4/c10-4-2-6(12)5(11)1-3(4)7(13)8(14)9(15)16/h1-2,7-8,13-14H,12H2,(H,15,16). The summed E-state index contributed by atoms with van der Waals surface area (Å²) >= 11 is 5.63. The third-order valence-electron chi connectivity index (χ3n) is 1.99. The molecule has 1 rings (SSSR count). The van der Waals surface area contributed by atoms with Gasteiger partial charge in [-0.1, -0.05) is 11.6 Å². The van der Waals surface area contributed by atoms with E-state index in [1.165, 1.54) is 0 Å². The van der Waals surface area contributed by atoms with Crippen LogP contribution < -0.4 is 5.73 Å². The molecule has 0 saturated carbocycles. The second kappa shape index (κ2) is 4.65. The highest BCUT2D eigenvalue weighted by Crippen LogP contribution is 2.29. The first kappa shape index (κ1) is 12.7. The Bertz CT molecular complexity index is 426. The number of carboxylic acid groups (broad SMARTS) is 1. The number of hydrogen-bond donors (Lipinski definition) is 4. The van der Waals surface area contributed by atoms with Crippen LogP contribution in [0.2, 0.25) is 5.02 Å². The number of nitrogen functional groups attached to an aromatic ring is 1. The van der Waals surface area contributed by atoms with E-state index >= 15 is 0 Å². The molecular weight excluding hydrogens is 241 g/mol. The SMILES string of the molecule is Nc1cc(Cl)c(C(O)C(O)C(=O)O)cc1F. The third kappa shape index (κ3) is 2.41. The average Bonchev–Trinajstić information content (AvgIpc) is 2.21. The van der Waals surface area contributed by atoms with Crippen molar-refractivity contribution in [2.75, 3.05) is 5.73 Å². The molecule has 0 spiro atoms. The predicted molar refractivity (Wildman–Crippen MR) is 54.4 cm³/mol. The third-order valence-corrected chi connectivity index (χ3v) is 2.31. The number of aliphatic hydroxyl groups is 2. The van der Waals surface area contributed by atoms with Gasteiger partial charge in [-0.25, -0.2) is 9.18 Å². The van der Waals surface area contributed by atoms with Crippen LogP contribution in [0.15, 0.2) is 12.1 Å². The van der Waals surface area contributed by atoms with Crippen LogP contribution >= 0.6 is 11.6 Å². The first-order chi connectivity index (χ1) is 7.34. The maximum atomic E-state index is 13.1. The van der Waals surface area contributed by atoms with E-state index in [0.29, 0.717) is 0 Å². The van der Waals surface area contributed by atoms with Crippen molar-refractivity contribution in [1.82, 2.24) is 0 Å². The molecule has 0 radical (unpaired) electrons. The molecule has 0 fully saturated rings. The molecule has 0 bridgehead atoms. The molecule has 0 saturated heterocycles. The fourth-order valence-corrected chi connectivity index (χ4v) is 1.39. The predicted octanol–water partition coefficient (Wildman–Crippen LogP) is 0.540. The lowest BCUT2D eigenvalue weighted by Gasteiger charge is -2.16. The minimum absolute atomic E-state index is 0.119. The number of aliphatic carboxylic acids is 1. The Morgan fingerprint density at radius 2 is 2.00 bits per heavy atom. The molecular formula is C9H9ClFNO4.